The molecule has 1 unspecified atom stereocenters. The van der Waals surface area contributed by atoms with E-state index in [2.05, 4.69) is 24.1 Å². The molecule has 0 aliphatic heterocycles. The van der Waals surface area contributed by atoms with Crippen LogP contribution in [0.4, 0.5) is 0 Å². The van der Waals surface area contributed by atoms with E-state index >= 15 is 0 Å². The van der Waals surface area contributed by atoms with Crippen LogP contribution in [0.25, 0.3) is 0 Å². The van der Waals surface area contributed by atoms with Crippen molar-refractivity contribution in [1.82, 2.24) is 10.3 Å². The SMILES string of the molecule is Cc1nc(C)c(C(=O)NC(C)(CN)CC(C)C)o1.Cl. The number of carbonyl (C=O) groups is 1. The fraction of sp³-hybridized carbons (Fsp3) is 0.692. The summed E-state index contributed by atoms with van der Waals surface area (Å²) in [7, 11) is 0. The van der Waals surface area contributed by atoms with Gasteiger partial charge in [0.05, 0.1) is 11.2 Å². The summed E-state index contributed by atoms with van der Waals surface area (Å²) in [6.45, 7) is 10.0. The fourth-order valence-electron chi connectivity index (χ4n) is 2.16. The molecule has 0 aliphatic carbocycles. The number of oxazole rings is 1. The normalized spacial score (nSPS) is 13.8. The molecule has 0 aromatic carbocycles. The van der Waals surface area contributed by atoms with Crippen LogP contribution in [0.15, 0.2) is 4.42 Å². The van der Waals surface area contributed by atoms with E-state index < -0.39 is 5.54 Å². The van der Waals surface area contributed by atoms with Crippen LogP contribution in [-0.2, 0) is 0 Å². The van der Waals surface area contributed by atoms with Gasteiger partial charge in [0, 0.05) is 13.5 Å². The third-order valence-electron chi connectivity index (χ3n) is 2.83. The second-order valence-corrected chi connectivity index (χ2v) is 5.46. The summed E-state index contributed by atoms with van der Waals surface area (Å²) in [4.78, 5) is 16.2. The van der Waals surface area contributed by atoms with Crippen molar-refractivity contribution in [3.8, 4) is 0 Å². The summed E-state index contributed by atoms with van der Waals surface area (Å²) in [5.74, 6) is 0.977. The summed E-state index contributed by atoms with van der Waals surface area (Å²) in [5.41, 5.74) is 5.95. The third kappa shape index (κ3) is 4.84. The zero-order chi connectivity index (χ0) is 13.9. The van der Waals surface area contributed by atoms with Gasteiger partial charge in [-0.25, -0.2) is 4.98 Å². The van der Waals surface area contributed by atoms with Crippen molar-refractivity contribution in [2.45, 2.75) is 46.6 Å². The number of aryl methyl sites for hydroxylation is 2. The Balaban J connectivity index is 0.00000324. The lowest BCUT2D eigenvalue weighted by atomic mass is 9.90. The maximum absolute atomic E-state index is 12.1. The number of nitrogens with zero attached hydrogens (tertiary/aromatic N) is 1. The number of aromatic nitrogens is 1. The van der Waals surface area contributed by atoms with Crippen LogP contribution in [0.1, 0.15) is 49.3 Å². The molecule has 0 bridgehead atoms. The summed E-state index contributed by atoms with van der Waals surface area (Å²) >= 11 is 0. The van der Waals surface area contributed by atoms with Crippen molar-refractivity contribution in [2.75, 3.05) is 6.54 Å². The van der Waals surface area contributed by atoms with Gasteiger partial charge in [-0.05, 0) is 26.2 Å². The van der Waals surface area contributed by atoms with E-state index in [1.165, 1.54) is 0 Å². The highest BCUT2D eigenvalue weighted by molar-refractivity contribution is 5.92. The second-order valence-electron chi connectivity index (χ2n) is 5.46. The molecular weight excluding hydrogens is 266 g/mol. The number of nitrogens with one attached hydrogen (secondary N) is 1. The maximum atomic E-state index is 12.1. The summed E-state index contributed by atoms with van der Waals surface area (Å²) in [6, 6.07) is 0. The van der Waals surface area contributed by atoms with Gasteiger partial charge in [-0.1, -0.05) is 13.8 Å². The number of rotatable bonds is 5. The van der Waals surface area contributed by atoms with Crippen LogP contribution in [-0.4, -0.2) is 23.0 Å². The van der Waals surface area contributed by atoms with Crippen LogP contribution in [0.3, 0.4) is 0 Å². The molecule has 1 amide bonds. The van der Waals surface area contributed by atoms with Crippen molar-refractivity contribution >= 4 is 18.3 Å². The largest absolute Gasteiger partial charge is 0.436 e. The lowest BCUT2D eigenvalue weighted by Gasteiger charge is -2.30. The molecule has 1 atom stereocenters. The first-order valence-corrected chi connectivity index (χ1v) is 6.24. The average Bonchev–Trinajstić information content (AvgIpc) is 2.56. The predicted octanol–water partition coefficient (Wildman–Crippen LogP) is 2.21. The van der Waals surface area contributed by atoms with E-state index in [1.54, 1.807) is 13.8 Å². The van der Waals surface area contributed by atoms with Gasteiger partial charge in [-0.15, -0.1) is 12.4 Å². The smallest absolute Gasteiger partial charge is 0.289 e. The van der Waals surface area contributed by atoms with Crippen molar-refractivity contribution in [1.29, 1.82) is 0 Å². The van der Waals surface area contributed by atoms with Crippen LogP contribution < -0.4 is 11.1 Å². The molecule has 5 nitrogen and oxygen atoms in total. The maximum Gasteiger partial charge on any atom is 0.289 e. The average molecular weight is 290 g/mol. The fourth-order valence-corrected chi connectivity index (χ4v) is 2.16. The Morgan fingerprint density at radius 2 is 2.05 bits per heavy atom. The Morgan fingerprint density at radius 1 is 1.47 bits per heavy atom. The predicted molar refractivity (Wildman–Crippen MR) is 77.6 cm³/mol. The third-order valence-corrected chi connectivity index (χ3v) is 2.83. The quantitative estimate of drug-likeness (QED) is 0.871. The molecule has 1 aromatic rings. The van der Waals surface area contributed by atoms with Crippen molar-refractivity contribution in [3.05, 3.63) is 17.3 Å². The molecule has 0 fully saturated rings. The van der Waals surface area contributed by atoms with Gasteiger partial charge >= 0.3 is 0 Å². The zero-order valence-electron chi connectivity index (χ0n) is 12.2. The second kappa shape index (κ2) is 6.91. The Bertz CT molecular complexity index is 432. The van der Waals surface area contributed by atoms with Crippen LogP contribution in [0.5, 0.6) is 0 Å². The van der Waals surface area contributed by atoms with Crippen LogP contribution >= 0.6 is 12.4 Å². The number of hydrogen-bond acceptors (Lipinski definition) is 4. The van der Waals surface area contributed by atoms with E-state index in [-0.39, 0.29) is 24.1 Å². The monoisotopic (exact) mass is 289 g/mol. The molecule has 1 heterocycles. The van der Waals surface area contributed by atoms with Gasteiger partial charge in [0.2, 0.25) is 5.76 Å². The van der Waals surface area contributed by atoms with Gasteiger partial charge in [-0.2, -0.15) is 0 Å². The standard InChI is InChI=1S/C13H23N3O2.ClH/c1-8(2)6-13(5,7-14)16-12(17)11-9(3)15-10(4)18-11;/h8H,6-7,14H2,1-5H3,(H,16,17);1H. The molecule has 0 radical (unpaired) electrons. The molecule has 110 valence electrons. The van der Waals surface area contributed by atoms with Gasteiger partial charge in [-0.3, -0.25) is 4.79 Å². The highest BCUT2D eigenvalue weighted by Crippen LogP contribution is 2.17. The molecule has 0 spiro atoms. The molecule has 0 saturated heterocycles. The number of nitrogens with two attached hydrogens (primary N) is 1. The van der Waals surface area contributed by atoms with Gasteiger partial charge < -0.3 is 15.5 Å². The molecule has 1 aromatic heterocycles. The highest BCUT2D eigenvalue weighted by atomic mass is 35.5. The van der Waals surface area contributed by atoms with Crippen LogP contribution in [0.2, 0.25) is 0 Å². The zero-order valence-corrected chi connectivity index (χ0v) is 13.1. The minimum atomic E-state index is -0.418. The summed E-state index contributed by atoms with van der Waals surface area (Å²) < 4.78 is 5.31. The van der Waals surface area contributed by atoms with E-state index in [0.717, 1.165) is 6.42 Å². The molecular formula is C13H24ClN3O2. The topological polar surface area (TPSA) is 81.2 Å². The summed E-state index contributed by atoms with van der Waals surface area (Å²) in [6.07, 6.45) is 0.821. The van der Waals surface area contributed by atoms with Crippen molar-refractivity contribution in [2.24, 2.45) is 11.7 Å². The Morgan fingerprint density at radius 3 is 2.42 bits per heavy atom. The number of amides is 1. The van der Waals surface area contributed by atoms with E-state index in [9.17, 15) is 4.79 Å². The first-order chi connectivity index (χ1) is 8.27. The van der Waals surface area contributed by atoms with Crippen molar-refractivity contribution in [3.63, 3.8) is 0 Å². The molecule has 6 heteroatoms. The van der Waals surface area contributed by atoms with E-state index in [0.29, 0.717) is 24.0 Å². The van der Waals surface area contributed by atoms with E-state index in [4.69, 9.17) is 10.2 Å². The van der Waals surface area contributed by atoms with Gasteiger partial charge in [0.1, 0.15) is 0 Å². The highest BCUT2D eigenvalue weighted by Gasteiger charge is 2.28. The Hall–Kier alpha value is -1.07. The van der Waals surface area contributed by atoms with Gasteiger partial charge in [0.25, 0.3) is 5.91 Å². The lowest BCUT2D eigenvalue weighted by Crippen LogP contribution is -2.52. The first kappa shape index (κ1) is 17.9. The number of hydrogen-bond donors (Lipinski definition) is 2. The van der Waals surface area contributed by atoms with E-state index in [1.807, 2.05) is 6.92 Å². The molecule has 3 N–H and O–H groups in total. The van der Waals surface area contributed by atoms with Crippen molar-refractivity contribution < 1.29 is 9.21 Å². The minimum absolute atomic E-state index is 0. The molecule has 1 rings (SSSR count). The van der Waals surface area contributed by atoms with Crippen LogP contribution in [0, 0.1) is 19.8 Å². The van der Waals surface area contributed by atoms with Gasteiger partial charge in [0.15, 0.2) is 5.89 Å². The number of carbonyl (C=O) groups excluding carboxylic acids is 1. The molecule has 19 heavy (non-hydrogen) atoms. The first-order valence-electron chi connectivity index (χ1n) is 6.24. The lowest BCUT2D eigenvalue weighted by molar-refractivity contribution is 0.0867. The Labute approximate surface area is 120 Å². The summed E-state index contributed by atoms with van der Waals surface area (Å²) in [5, 5.41) is 2.95. The Kier molecular flexibility index (Phi) is 6.52. The minimum Gasteiger partial charge on any atom is -0.436 e. The molecule has 0 aliphatic rings. The molecule has 0 saturated carbocycles. The number of halogens is 1.